The number of anilines is 1. The first kappa shape index (κ1) is 25.8. The van der Waals surface area contributed by atoms with E-state index in [0.717, 1.165) is 16.8 Å². The number of hydrogen-bond acceptors (Lipinski definition) is 9. The lowest BCUT2D eigenvalue weighted by atomic mass is 10.1. The Labute approximate surface area is 231 Å². The zero-order valence-electron chi connectivity index (χ0n) is 22.5. The minimum absolute atomic E-state index is 0.113. The van der Waals surface area contributed by atoms with Crippen molar-refractivity contribution in [1.82, 2.24) is 9.88 Å². The first-order valence-electron chi connectivity index (χ1n) is 13.2. The van der Waals surface area contributed by atoms with E-state index in [0.29, 0.717) is 60.6 Å². The number of hydrogen-bond donors (Lipinski definition) is 0. The molecule has 2 aliphatic rings. The summed E-state index contributed by atoms with van der Waals surface area (Å²) in [6.07, 6.45) is 0.794. The van der Waals surface area contributed by atoms with E-state index in [1.165, 1.54) is 0 Å². The molecule has 1 unspecified atom stereocenters. The Morgan fingerprint density at radius 2 is 1.77 bits per heavy atom. The van der Waals surface area contributed by atoms with Crippen molar-refractivity contribution in [3.8, 4) is 23.0 Å². The highest BCUT2D eigenvalue weighted by Gasteiger charge is 2.33. The molecule has 40 heavy (non-hydrogen) atoms. The molecule has 2 aliphatic heterocycles. The Balaban J connectivity index is 1.40. The third-order valence-corrected chi connectivity index (χ3v) is 7.10. The number of benzene rings is 2. The van der Waals surface area contributed by atoms with E-state index in [2.05, 4.69) is 4.90 Å². The molecular formula is C30H31N3O7. The van der Waals surface area contributed by atoms with Crippen LogP contribution in [0.4, 0.5) is 5.82 Å². The number of nitrogens with zero attached hydrogens (tertiary/aromatic N) is 3. The van der Waals surface area contributed by atoms with Crippen LogP contribution in [0, 0.1) is 0 Å². The Hall–Kier alpha value is -4.44. The minimum atomic E-state index is -0.806. The van der Waals surface area contributed by atoms with Crippen LogP contribution in [0.3, 0.4) is 0 Å². The van der Waals surface area contributed by atoms with Crippen molar-refractivity contribution < 1.29 is 32.9 Å². The highest BCUT2D eigenvalue weighted by molar-refractivity contribution is 5.92. The summed E-state index contributed by atoms with van der Waals surface area (Å²) in [5.41, 5.74) is 1.55. The average molecular weight is 546 g/mol. The summed E-state index contributed by atoms with van der Waals surface area (Å²) in [5, 5.41) is 0.797. The van der Waals surface area contributed by atoms with Crippen LogP contribution in [0.1, 0.15) is 11.3 Å². The molecule has 10 nitrogen and oxygen atoms in total. The maximum atomic E-state index is 14.0. The number of carbonyl (C=O) groups excluding carboxylic acids is 1. The zero-order valence-corrected chi connectivity index (χ0v) is 22.5. The molecule has 0 bridgehead atoms. The maximum absolute atomic E-state index is 14.0. The van der Waals surface area contributed by atoms with Gasteiger partial charge < -0.3 is 37.9 Å². The van der Waals surface area contributed by atoms with Gasteiger partial charge in [0.1, 0.15) is 35.2 Å². The molecule has 4 heterocycles. The smallest absolute Gasteiger partial charge is 0.267 e. The van der Waals surface area contributed by atoms with E-state index in [1.807, 2.05) is 48.5 Å². The van der Waals surface area contributed by atoms with E-state index >= 15 is 0 Å². The van der Waals surface area contributed by atoms with Crippen LogP contribution in [-0.2, 0) is 22.6 Å². The fourth-order valence-corrected chi connectivity index (χ4v) is 5.10. The number of furan rings is 1. The van der Waals surface area contributed by atoms with Crippen LogP contribution >= 0.6 is 0 Å². The maximum Gasteiger partial charge on any atom is 0.267 e. The first-order chi connectivity index (χ1) is 19.6. The molecule has 10 heteroatoms. The number of pyridine rings is 1. The molecule has 0 spiro atoms. The van der Waals surface area contributed by atoms with Crippen molar-refractivity contribution in [2.24, 2.45) is 0 Å². The monoisotopic (exact) mass is 545 g/mol. The number of morpholine rings is 1. The summed E-state index contributed by atoms with van der Waals surface area (Å²) in [6.45, 7) is 3.18. The molecule has 6 rings (SSSR count). The largest absolute Gasteiger partial charge is 0.496 e. The molecule has 2 aromatic carbocycles. The summed E-state index contributed by atoms with van der Waals surface area (Å²) in [7, 11) is 3.25. The molecular weight excluding hydrogens is 514 g/mol. The van der Waals surface area contributed by atoms with E-state index in [-0.39, 0.29) is 25.6 Å². The first-order valence-corrected chi connectivity index (χ1v) is 13.2. The fraction of sp³-hybridized carbons (Fsp3) is 0.333. The molecule has 2 aromatic heterocycles. The SMILES string of the molecule is COc1ccc(OC)c2nc(N3CCOCC3)c(CN(Cc3ccco3)C(=O)C3COc4ccccc4O3)cc12. The Kier molecular flexibility index (Phi) is 7.33. The standard InChI is InChI=1S/C30H31N3O7/c1-35-23-9-10-26(36-2)28-22(23)16-20(29(31-28)32-11-14-37-15-12-32)17-33(18-21-6-5-13-38-21)30(34)27-19-39-24-7-3-4-8-25(24)40-27/h3-10,13,16,27H,11-12,14-15,17-19H2,1-2H3. The molecule has 1 atom stereocenters. The highest BCUT2D eigenvalue weighted by atomic mass is 16.6. The van der Waals surface area contributed by atoms with Crippen molar-refractivity contribution in [3.05, 3.63) is 72.2 Å². The van der Waals surface area contributed by atoms with Gasteiger partial charge in [0.2, 0.25) is 6.10 Å². The predicted molar refractivity (Wildman–Crippen MR) is 147 cm³/mol. The Morgan fingerprint density at radius 1 is 1.00 bits per heavy atom. The summed E-state index contributed by atoms with van der Waals surface area (Å²) in [5.74, 6) is 3.70. The summed E-state index contributed by atoms with van der Waals surface area (Å²) < 4.78 is 34.5. The van der Waals surface area contributed by atoms with Crippen LogP contribution in [-0.4, -0.2) is 69.0 Å². The lowest BCUT2D eigenvalue weighted by Gasteiger charge is -2.33. The van der Waals surface area contributed by atoms with Gasteiger partial charge in [-0.05, 0) is 42.5 Å². The number of methoxy groups -OCH3 is 2. The van der Waals surface area contributed by atoms with Crippen LogP contribution in [0.2, 0.25) is 0 Å². The molecule has 0 radical (unpaired) electrons. The molecule has 4 aromatic rings. The predicted octanol–water partition coefficient (Wildman–Crippen LogP) is 4.05. The van der Waals surface area contributed by atoms with Gasteiger partial charge in [-0.2, -0.15) is 0 Å². The van der Waals surface area contributed by atoms with Gasteiger partial charge in [-0.1, -0.05) is 12.1 Å². The van der Waals surface area contributed by atoms with Gasteiger partial charge >= 0.3 is 0 Å². The van der Waals surface area contributed by atoms with Crippen molar-refractivity contribution >= 4 is 22.6 Å². The number of para-hydroxylation sites is 2. The summed E-state index contributed by atoms with van der Waals surface area (Å²) in [4.78, 5) is 23.0. The molecule has 0 N–H and O–H groups in total. The van der Waals surface area contributed by atoms with Gasteiger partial charge in [-0.15, -0.1) is 0 Å². The van der Waals surface area contributed by atoms with Gasteiger partial charge in [-0.25, -0.2) is 4.98 Å². The number of ether oxygens (including phenoxy) is 5. The van der Waals surface area contributed by atoms with Gasteiger partial charge in [0.05, 0.1) is 40.2 Å². The highest BCUT2D eigenvalue weighted by Crippen LogP contribution is 2.37. The third kappa shape index (κ3) is 5.10. The lowest BCUT2D eigenvalue weighted by molar-refractivity contribution is -0.142. The van der Waals surface area contributed by atoms with Crippen LogP contribution in [0.5, 0.6) is 23.0 Å². The van der Waals surface area contributed by atoms with Gasteiger partial charge in [0, 0.05) is 30.6 Å². The molecule has 1 amide bonds. The topological polar surface area (TPSA) is 95.7 Å². The second-order valence-corrected chi connectivity index (χ2v) is 9.57. The van der Waals surface area contributed by atoms with Gasteiger partial charge in [0.25, 0.3) is 5.91 Å². The van der Waals surface area contributed by atoms with E-state index < -0.39 is 6.10 Å². The van der Waals surface area contributed by atoms with Crippen molar-refractivity contribution in [2.75, 3.05) is 52.0 Å². The number of carbonyl (C=O) groups is 1. The van der Waals surface area contributed by atoms with Crippen molar-refractivity contribution in [1.29, 1.82) is 0 Å². The quantitative estimate of drug-likeness (QED) is 0.325. The second kappa shape index (κ2) is 11.4. The average Bonchev–Trinajstić information content (AvgIpc) is 3.53. The fourth-order valence-electron chi connectivity index (χ4n) is 5.10. The Morgan fingerprint density at radius 3 is 2.52 bits per heavy atom. The lowest BCUT2D eigenvalue weighted by Crippen LogP contribution is -2.46. The number of aromatic nitrogens is 1. The second-order valence-electron chi connectivity index (χ2n) is 9.57. The molecule has 208 valence electrons. The number of rotatable bonds is 8. The molecule has 0 aliphatic carbocycles. The molecule has 0 saturated carbocycles. The molecule has 1 fully saturated rings. The normalized spacial score (nSPS) is 16.6. The minimum Gasteiger partial charge on any atom is -0.496 e. The van der Waals surface area contributed by atoms with Gasteiger partial charge in [0.15, 0.2) is 11.5 Å². The summed E-state index contributed by atoms with van der Waals surface area (Å²) >= 11 is 0. The third-order valence-electron chi connectivity index (χ3n) is 7.10. The van der Waals surface area contributed by atoms with E-state index in [1.54, 1.807) is 31.4 Å². The van der Waals surface area contributed by atoms with Crippen molar-refractivity contribution in [2.45, 2.75) is 19.2 Å². The van der Waals surface area contributed by atoms with Crippen molar-refractivity contribution in [3.63, 3.8) is 0 Å². The van der Waals surface area contributed by atoms with Crippen LogP contribution < -0.4 is 23.8 Å². The van der Waals surface area contributed by atoms with Gasteiger partial charge in [-0.3, -0.25) is 4.79 Å². The van der Waals surface area contributed by atoms with Crippen LogP contribution in [0.25, 0.3) is 10.9 Å². The summed E-state index contributed by atoms with van der Waals surface area (Å²) in [6, 6.07) is 16.8. The van der Waals surface area contributed by atoms with E-state index in [4.69, 9.17) is 33.1 Å². The van der Waals surface area contributed by atoms with E-state index in [9.17, 15) is 4.79 Å². The molecule has 1 saturated heterocycles. The zero-order chi connectivity index (χ0) is 27.5. The van der Waals surface area contributed by atoms with Crippen LogP contribution in [0.15, 0.2) is 65.3 Å². The Bertz CT molecular complexity index is 1480. The number of fused-ring (bicyclic) bond motifs is 2. The number of amides is 1.